The molecule has 1 aliphatic rings. The number of amides is 1. The van der Waals surface area contributed by atoms with Crippen molar-refractivity contribution in [2.24, 2.45) is 5.41 Å². The van der Waals surface area contributed by atoms with Crippen molar-refractivity contribution in [3.05, 3.63) is 29.8 Å². The number of carbonyl (C=O) groups excluding carboxylic acids is 3. The van der Waals surface area contributed by atoms with Gasteiger partial charge < -0.3 is 19.1 Å². The van der Waals surface area contributed by atoms with Gasteiger partial charge in [-0.05, 0) is 43.5 Å². The van der Waals surface area contributed by atoms with Gasteiger partial charge in [-0.2, -0.15) is 0 Å². The third kappa shape index (κ3) is 5.40. The van der Waals surface area contributed by atoms with Crippen molar-refractivity contribution in [1.82, 2.24) is 4.90 Å². The lowest BCUT2D eigenvalue weighted by atomic mass is 9.84. The number of Topliss-reactive ketones (excluding diaryl/α,β-unsaturated/α-hetero) is 1. The Morgan fingerprint density at radius 3 is 2.57 bits per heavy atom. The molecule has 1 fully saturated rings. The minimum atomic E-state index is -0.743. The van der Waals surface area contributed by atoms with E-state index in [0.29, 0.717) is 37.3 Å². The Balaban J connectivity index is 1.98. The van der Waals surface area contributed by atoms with Crippen LogP contribution in [0.2, 0.25) is 0 Å². The number of hydrogen-bond acceptors (Lipinski definition) is 6. The molecule has 0 bridgehead atoms. The summed E-state index contributed by atoms with van der Waals surface area (Å²) in [4.78, 5) is 39.0. The van der Waals surface area contributed by atoms with Gasteiger partial charge in [0, 0.05) is 17.5 Å². The van der Waals surface area contributed by atoms with E-state index in [1.54, 1.807) is 52.4 Å². The fraction of sp³-hybridized carbons (Fsp3) is 0.522. The SMILES string of the molecule is CCC(C)(C)C(=O)C(=O)N1CCC[C@H]1C(=O)OC/C=C/c1cc(OC)ccc1OC. The topological polar surface area (TPSA) is 82.1 Å². The summed E-state index contributed by atoms with van der Waals surface area (Å²) >= 11 is 0. The Kier molecular flexibility index (Phi) is 8.03. The Morgan fingerprint density at radius 1 is 1.20 bits per heavy atom. The van der Waals surface area contributed by atoms with Crippen LogP contribution in [0.1, 0.15) is 45.6 Å². The van der Waals surface area contributed by atoms with Crippen molar-refractivity contribution in [2.45, 2.75) is 46.1 Å². The molecule has 7 heteroatoms. The van der Waals surface area contributed by atoms with Crippen LogP contribution in [-0.4, -0.2) is 56.0 Å². The molecule has 0 radical (unpaired) electrons. The Hall–Kier alpha value is -2.83. The number of methoxy groups -OCH3 is 2. The molecule has 0 N–H and O–H groups in total. The van der Waals surface area contributed by atoms with Crippen LogP contribution in [0.4, 0.5) is 0 Å². The molecule has 1 amide bonds. The lowest BCUT2D eigenvalue weighted by Crippen LogP contribution is -2.47. The van der Waals surface area contributed by atoms with Crippen LogP contribution in [0, 0.1) is 5.41 Å². The molecule has 1 atom stereocenters. The van der Waals surface area contributed by atoms with Crippen molar-refractivity contribution in [3.63, 3.8) is 0 Å². The number of ketones is 1. The standard InChI is InChI=1S/C23H31NO6/c1-6-23(2,3)20(25)21(26)24-13-7-10-18(24)22(27)30-14-8-9-16-15-17(28-4)11-12-19(16)29-5/h8-9,11-12,15,18H,6-7,10,13-14H2,1-5H3/b9-8+/t18-/m0/s1. The number of carbonyl (C=O) groups is 3. The van der Waals surface area contributed by atoms with E-state index < -0.39 is 29.1 Å². The molecule has 7 nitrogen and oxygen atoms in total. The molecule has 0 unspecified atom stereocenters. The van der Waals surface area contributed by atoms with Gasteiger partial charge in [-0.15, -0.1) is 0 Å². The number of likely N-dealkylation sites (tertiary alicyclic amines) is 1. The number of rotatable bonds is 9. The van der Waals surface area contributed by atoms with Gasteiger partial charge in [-0.1, -0.05) is 26.8 Å². The molecular weight excluding hydrogens is 386 g/mol. The van der Waals surface area contributed by atoms with Crippen LogP contribution in [0.5, 0.6) is 11.5 Å². The van der Waals surface area contributed by atoms with Crippen LogP contribution in [-0.2, 0) is 19.1 Å². The zero-order valence-electron chi connectivity index (χ0n) is 18.4. The highest BCUT2D eigenvalue weighted by molar-refractivity contribution is 6.38. The van der Waals surface area contributed by atoms with E-state index in [9.17, 15) is 14.4 Å². The van der Waals surface area contributed by atoms with Crippen LogP contribution in [0.3, 0.4) is 0 Å². The molecule has 30 heavy (non-hydrogen) atoms. The summed E-state index contributed by atoms with van der Waals surface area (Å²) in [5.74, 6) is -0.201. The smallest absolute Gasteiger partial charge is 0.329 e. The fourth-order valence-electron chi connectivity index (χ4n) is 3.21. The molecule has 2 rings (SSSR count). The number of nitrogens with zero attached hydrogens (tertiary/aromatic N) is 1. The van der Waals surface area contributed by atoms with E-state index in [2.05, 4.69) is 0 Å². The summed E-state index contributed by atoms with van der Waals surface area (Å²) < 4.78 is 15.9. The maximum absolute atomic E-state index is 12.6. The first-order chi connectivity index (χ1) is 14.2. The third-order valence-corrected chi connectivity index (χ3v) is 5.53. The van der Waals surface area contributed by atoms with E-state index in [4.69, 9.17) is 14.2 Å². The monoisotopic (exact) mass is 417 g/mol. The number of hydrogen-bond donors (Lipinski definition) is 0. The summed E-state index contributed by atoms with van der Waals surface area (Å²) in [5, 5.41) is 0. The predicted molar refractivity (Wildman–Crippen MR) is 113 cm³/mol. The van der Waals surface area contributed by atoms with Gasteiger partial charge in [-0.3, -0.25) is 9.59 Å². The van der Waals surface area contributed by atoms with Crippen molar-refractivity contribution < 1.29 is 28.6 Å². The normalized spacial score (nSPS) is 16.6. The van der Waals surface area contributed by atoms with E-state index in [1.807, 2.05) is 13.0 Å². The first-order valence-corrected chi connectivity index (χ1v) is 10.2. The van der Waals surface area contributed by atoms with Crippen LogP contribution in [0.15, 0.2) is 24.3 Å². The summed E-state index contributed by atoms with van der Waals surface area (Å²) in [7, 11) is 3.16. The molecule has 1 heterocycles. The predicted octanol–water partition coefficient (Wildman–Crippen LogP) is 3.26. The van der Waals surface area contributed by atoms with Gasteiger partial charge >= 0.3 is 5.97 Å². The molecular formula is C23H31NO6. The highest BCUT2D eigenvalue weighted by atomic mass is 16.5. The summed E-state index contributed by atoms with van der Waals surface area (Å²) in [5.41, 5.74) is 0.0464. The second-order valence-electron chi connectivity index (χ2n) is 7.86. The highest BCUT2D eigenvalue weighted by Crippen LogP contribution is 2.27. The maximum Gasteiger partial charge on any atom is 0.329 e. The molecule has 0 saturated carbocycles. The van der Waals surface area contributed by atoms with Crippen molar-refractivity contribution >= 4 is 23.7 Å². The van der Waals surface area contributed by atoms with Gasteiger partial charge in [-0.25, -0.2) is 4.79 Å². The van der Waals surface area contributed by atoms with E-state index in [0.717, 1.165) is 5.56 Å². The van der Waals surface area contributed by atoms with E-state index >= 15 is 0 Å². The zero-order valence-corrected chi connectivity index (χ0v) is 18.4. The van der Waals surface area contributed by atoms with E-state index in [-0.39, 0.29) is 6.61 Å². The molecule has 0 aliphatic carbocycles. The zero-order chi connectivity index (χ0) is 22.3. The van der Waals surface area contributed by atoms with Crippen LogP contribution >= 0.6 is 0 Å². The largest absolute Gasteiger partial charge is 0.497 e. The summed E-state index contributed by atoms with van der Waals surface area (Å²) in [6.45, 7) is 5.79. The van der Waals surface area contributed by atoms with Crippen molar-refractivity contribution in [1.29, 1.82) is 0 Å². The molecule has 1 aromatic carbocycles. The summed E-state index contributed by atoms with van der Waals surface area (Å²) in [6, 6.07) is 4.69. The first-order valence-electron chi connectivity index (χ1n) is 10.2. The van der Waals surface area contributed by atoms with Crippen LogP contribution < -0.4 is 9.47 Å². The van der Waals surface area contributed by atoms with Gasteiger partial charge in [0.15, 0.2) is 0 Å². The number of ether oxygens (including phenoxy) is 3. The molecule has 0 aromatic heterocycles. The Morgan fingerprint density at radius 2 is 1.93 bits per heavy atom. The Labute approximate surface area is 178 Å². The average Bonchev–Trinajstić information content (AvgIpc) is 3.25. The van der Waals surface area contributed by atoms with Gasteiger partial charge in [0.25, 0.3) is 5.91 Å². The fourth-order valence-corrected chi connectivity index (χ4v) is 3.21. The molecule has 1 saturated heterocycles. The molecule has 164 valence electrons. The number of benzene rings is 1. The van der Waals surface area contributed by atoms with Crippen LogP contribution in [0.25, 0.3) is 6.08 Å². The lowest BCUT2D eigenvalue weighted by molar-refractivity contribution is -0.156. The van der Waals surface area contributed by atoms with Gasteiger partial charge in [0.05, 0.1) is 14.2 Å². The molecule has 0 spiro atoms. The molecule has 1 aromatic rings. The maximum atomic E-state index is 12.6. The lowest BCUT2D eigenvalue weighted by Gasteiger charge is -2.27. The number of esters is 1. The first kappa shape index (κ1) is 23.4. The highest BCUT2D eigenvalue weighted by Gasteiger charge is 2.41. The minimum absolute atomic E-state index is 0.0477. The third-order valence-electron chi connectivity index (χ3n) is 5.53. The van der Waals surface area contributed by atoms with Crippen molar-refractivity contribution in [3.8, 4) is 11.5 Å². The van der Waals surface area contributed by atoms with E-state index in [1.165, 1.54) is 4.90 Å². The summed E-state index contributed by atoms with van der Waals surface area (Å²) in [6.07, 6.45) is 5.19. The Bertz CT molecular complexity index is 814. The second kappa shape index (κ2) is 10.3. The minimum Gasteiger partial charge on any atom is -0.497 e. The van der Waals surface area contributed by atoms with Gasteiger partial charge in [0.1, 0.15) is 24.1 Å². The second-order valence-corrected chi connectivity index (χ2v) is 7.86. The van der Waals surface area contributed by atoms with Crippen molar-refractivity contribution in [2.75, 3.05) is 27.4 Å². The average molecular weight is 418 g/mol. The quantitative estimate of drug-likeness (QED) is 0.453. The van der Waals surface area contributed by atoms with Gasteiger partial charge in [0.2, 0.25) is 5.78 Å². The molecule has 1 aliphatic heterocycles.